The van der Waals surface area contributed by atoms with E-state index in [2.05, 4.69) is 76.7 Å². The Hall–Kier alpha value is -3.50. The number of amides is 1. The molecule has 4 aromatic rings. The van der Waals surface area contributed by atoms with Gasteiger partial charge in [-0.05, 0) is 94.2 Å². The topological polar surface area (TPSA) is 81.9 Å². The number of hydrogen-bond acceptors (Lipinski definition) is 7. The van der Waals surface area contributed by atoms with E-state index in [9.17, 15) is 9.35 Å². The molecule has 3 aromatic carbocycles. The van der Waals surface area contributed by atoms with Crippen molar-refractivity contribution in [2.24, 2.45) is 5.41 Å². The highest BCUT2D eigenvalue weighted by atomic mass is 32.3. The molecule has 284 valence electrons. The quantitative estimate of drug-likeness (QED) is 0.0738. The van der Waals surface area contributed by atoms with Crippen molar-refractivity contribution in [3.63, 3.8) is 0 Å². The zero-order valence-corrected chi connectivity index (χ0v) is 34.3. The first-order chi connectivity index (χ1) is 25.4. The molecule has 0 saturated heterocycles. The first kappa shape index (κ1) is 40.7. The molecule has 5 rings (SSSR count). The number of rotatable bonds is 18. The number of carbonyl (C=O) groups is 1. The molecule has 1 heterocycles. The summed E-state index contributed by atoms with van der Waals surface area (Å²) in [7, 11) is 0. The van der Waals surface area contributed by atoms with Crippen LogP contribution in [0, 0.1) is 19.3 Å². The van der Waals surface area contributed by atoms with Crippen molar-refractivity contribution in [1.82, 2.24) is 10.1 Å². The first-order valence-electron chi connectivity index (χ1n) is 19.1. The summed E-state index contributed by atoms with van der Waals surface area (Å²) < 4.78 is 28.8. The molecule has 0 spiro atoms. The van der Waals surface area contributed by atoms with Crippen LogP contribution in [0.4, 0.5) is 5.82 Å². The summed E-state index contributed by atoms with van der Waals surface area (Å²) in [6, 6.07) is 24.4. The van der Waals surface area contributed by atoms with Crippen LogP contribution in [0.5, 0.6) is 0 Å². The molecule has 7 nitrogen and oxygen atoms in total. The number of ether oxygens (including phenoxy) is 1. The number of carbonyl (C=O) groups excluding carboxylic acids is 1. The van der Waals surface area contributed by atoms with E-state index in [1.54, 1.807) is 3.71 Å². The molecular weight excluding hydrogens is 699 g/mol. The molecule has 53 heavy (non-hydrogen) atoms. The average Bonchev–Trinajstić information content (AvgIpc) is 3.76. The average molecular weight is 756 g/mol. The van der Waals surface area contributed by atoms with Gasteiger partial charge in [0.25, 0.3) is 0 Å². The standard InChI is InChI=1S/C44H57N3O4S2/c1-9-11-19-32(3)46(42(48)44(8)26-17-18-27-44)30-36-24-25-37(39(29-36)43(6,7)50-28-10-2)38-22-15-16-23-40(38)53(49)47(41-33(4)34(5)51-45-41)52-31-35-20-13-12-14-21-35/h12-16,20-25,29H,3,9-11,17-19,26-28,30-31H2,1-2,4-8H3. The Bertz CT molecular complexity index is 1830. The van der Waals surface area contributed by atoms with Gasteiger partial charge in [-0.1, -0.05) is 112 Å². The fraction of sp³-hybridized carbons (Fsp3) is 0.455. The van der Waals surface area contributed by atoms with Crippen LogP contribution in [-0.4, -0.2) is 27.1 Å². The van der Waals surface area contributed by atoms with Crippen LogP contribution in [0.25, 0.3) is 11.1 Å². The second-order valence-electron chi connectivity index (χ2n) is 15.0. The van der Waals surface area contributed by atoms with Crippen LogP contribution in [0.3, 0.4) is 0 Å². The zero-order valence-electron chi connectivity index (χ0n) is 32.7. The SMILES string of the molecule is C=C(CCCC)N(Cc1ccc(-c2ccccc2[S+]([O-])N(SCc2ccccc2)c2noc(C)c2C)c(C(C)(C)OCCC)c1)C(=O)C1(C)CCCC1. The molecule has 0 N–H and O–H groups in total. The minimum Gasteiger partial charge on any atom is -0.587 e. The van der Waals surface area contributed by atoms with E-state index in [-0.39, 0.29) is 11.3 Å². The Morgan fingerprint density at radius 3 is 2.36 bits per heavy atom. The Morgan fingerprint density at radius 1 is 1.00 bits per heavy atom. The van der Waals surface area contributed by atoms with E-state index in [0.717, 1.165) is 90.4 Å². The molecule has 1 unspecified atom stereocenters. The highest BCUT2D eigenvalue weighted by Crippen LogP contribution is 2.43. The largest absolute Gasteiger partial charge is 0.587 e. The van der Waals surface area contributed by atoms with E-state index in [1.807, 2.05) is 61.2 Å². The number of hydrogen-bond donors (Lipinski definition) is 0. The van der Waals surface area contributed by atoms with E-state index < -0.39 is 17.0 Å². The van der Waals surface area contributed by atoms with E-state index in [4.69, 9.17) is 9.26 Å². The van der Waals surface area contributed by atoms with Crippen LogP contribution < -0.4 is 3.71 Å². The van der Waals surface area contributed by atoms with Crippen LogP contribution in [-0.2, 0) is 38.8 Å². The number of benzene rings is 3. The van der Waals surface area contributed by atoms with Crippen LogP contribution in [0.2, 0.25) is 0 Å². The predicted molar refractivity (Wildman–Crippen MR) is 220 cm³/mol. The van der Waals surface area contributed by atoms with Gasteiger partial charge in [0, 0.05) is 46.5 Å². The van der Waals surface area contributed by atoms with Crippen molar-refractivity contribution in [1.29, 1.82) is 0 Å². The molecule has 9 heteroatoms. The molecule has 1 fully saturated rings. The van der Waals surface area contributed by atoms with Gasteiger partial charge in [-0.25, -0.2) is 0 Å². The molecule has 0 aliphatic heterocycles. The molecule has 1 aromatic heterocycles. The van der Waals surface area contributed by atoms with E-state index >= 15 is 0 Å². The summed E-state index contributed by atoms with van der Waals surface area (Å²) in [5, 5.41) is 4.36. The van der Waals surface area contributed by atoms with Gasteiger partial charge in [-0.3, -0.25) is 4.79 Å². The number of anilines is 1. The number of allylic oxidation sites excluding steroid dienone is 1. The summed E-state index contributed by atoms with van der Waals surface area (Å²) in [5.41, 5.74) is 5.57. The van der Waals surface area contributed by atoms with Gasteiger partial charge in [0.05, 0.1) is 12.1 Å². The highest BCUT2D eigenvalue weighted by Gasteiger charge is 2.40. The predicted octanol–water partition coefficient (Wildman–Crippen LogP) is 11.6. The second-order valence-corrected chi connectivity index (χ2v) is 17.5. The van der Waals surface area contributed by atoms with Gasteiger partial charge in [-0.15, -0.1) is 3.71 Å². The number of aromatic nitrogens is 1. The summed E-state index contributed by atoms with van der Waals surface area (Å²) in [6.07, 6.45) is 7.68. The fourth-order valence-corrected chi connectivity index (χ4v) is 9.58. The Kier molecular flexibility index (Phi) is 14.0. The molecule has 1 amide bonds. The van der Waals surface area contributed by atoms with Crippen LogP contribution in [0.1, 0.15) is 114 Å². The Labute approximate surface area is 325 Å². The van der Waals surface area contributed by atoms with Crippen LogP contribution in [0.15, 0.2) is 94.5 Å². The third-order valence-electron chi connectivity index (χ3n) is 10.4. The lowest BCUT2D eigenvalue weighted by atomic mass is 9.86. The number of unbranched alkanes of at least 4 members (excludes halogenated alkanes) is 1. The highest BCUT2D eigenvalue weighted by molar-refractivity contribution is 8.14. The fourth-order valence-electron chi connectivity index (χ4n) is 6.98. The maximum absolute atomic E-state index is 14.9. The third kappa shape index (κ3) is 9.60. The molecule has 1 aliphatic carbocycles. The van der Waals surface area contributed by atoms with Gasteiger partial charge in [0.1, 0.15) is 17.1 Å². The lowest BCUT2D eigenvalue weighted by Crippen LogP contribution is -2.40. The van der Waals surface area contributed by atoms with Crippen molar-refractivity contribution in [2.75, 3.05) is 10.3 Å². The van der Waals surface area contributed by atoms with E-state index in [1.165, 1.54) is 11.9 Å². The lowest BCUT2D eigenvalue weighted by molar-refractivity contribution is -0.139. The Balaban J connectivity index is 1.57. The molecule has 0 bridgehead atoms. The van der Waals surface area contributed by atoms with Gasteiger partial charge >= 0.3 is 0 Å². The monoisotopic (exact) mass is 755 g/mol. The van der Waals surface area contributed by atoms with Gasteiger partial charge in [-0.2, -0.15) is 0 Å². The molecule has 0 radical (unpaired) electrons. The molecule has 1 atom stereocenters. The zero-order chi connectivity index (χ0) is 38.2. The normalized spacial score (nSPS) is 14.6. The van der Waals surface area contributed by atoms with E-state index in [0.29, 0.717) is 35.4 Å². The van der Waals surface area contributed by atoms with Crippen LogP contribution >= 0.6 is 11.9 Å². The van der Waals surface area contributed by atoms with Crippen molar-refractivity contribution in [3.05, 3.63) is 113 Å². The molecular formula is C44H57N3O4S2. The minimum absolute atomic E-state index is 0.176. The van der Waals surface area contributed by atoms with Crippen molar-refractivity contribution >= 4 is 35.0 Å². The molecule has 1 aliphatic rings. The van der Waals surface area contributed by atoms with Gasteiger partial charge in [0.2, 0.25) is 11.7 Å². The van der Waals surface area contributed by atoms with Gasteiger partial charge in [0.15, 0.2) is 4.90 Å². The summed E-state index contributed by atoms with van der Waals surface area (Å²) in [4.78, 5) is 16.9. The van der Waals surface area contributed by atoms with Crippen molar-refractivity contribution in [2.45, 2.75) is 123 Å². The number of nitrogens with zero attached hydrogens (tertiary/aromatic N) is 3. The summed E-state index contributed by atoms with van der Waals surface area (Å²) in [6.45, 7) is 19.9. The van der Waals surface area contributed by atoms with Gasteiger partial charge < -0.3 is 18.7 Å². The van der Waals surface area contributed by atoms with Crippen molar-refractivity contribution in [3.8, 4) is 11.1 Å². The summed E-state index contributed by atoms with van der Waals surface area (Å²) >= 11 is -0.210. The third-order valence-corrected chi connectivity index (χ3v) is 13.2. The van der Waals surface area contributed by atoms with Crippen molar-refractivity contribution < 1.29 is 18.6 Å². The summed E-state index contributed by atoms with van der Waals surface area (Å²) in [5.74, 6) is 2.02. The second kappa shape index (κ2) is 18.2. The molecule has 1 saturated carbocycles. The maximum Gasteiger partial charge on any atom is 0.232 e. The lowest BCUT2D eigenvalue weighted by Gasteiger charge is -2.34. The first-order valence-corrected chi connectivity index (χ1v) is 21.1. The minimum atomic E-state index is -1.66. The smallest absolute Gasteiger partial charge is 0.232 e. The maximum atomic E-state index is 14.9. The Morgan fingerprint density at radius 2 is 1.70 bits per heavy atom. The number of aryl methyl sites for hydroxylation is 1.